The van der Waals surface area contributed by atoms with Crippen LogP contribution in [0, 0.1) is 0 Å². The maximum atomic E-state index is 12.0. The molecular weight excluding hydrogens is 274 g/mol. The minimum absolute atomic E-state index is 0.471. The van der Waals surface area contributed by atoms with Crippen molar-refractivity contribution < 1.29 is 13.5 Å². The minimum Gasteiger partial charge on any atom is -0.384 e. The van der Waals surface area contributed by atoms with Crippen LogP contribution < -0.4 is 0 Å². The van der Waals surface area contributed by atoms with E-state index in [1.807, 2.05) is 24.3 Å². The van der Waals surface area contributed by atoms with Crippen LogP contribution >= 0.6 is 0 Å². The molecule has 0 radical (unpaired) electrons. The molecular formula is C15H17NO3S. The van der Waals surface area contributed by atoms with E-state index in [0.29, 0.717) is 24.8 Å². The predicted molar refractivity (Wildman–Crippen MR) is 78.1 cm³/mol. The van der Waals surface area contributed by atoms with Gasteiger partial charge >= 0.3 is 0 Å². The zero-order valence-electron chi connectivity index (χ0n) is 11.3. The Hall–Kier alpha value is -1.46. The van der Waals surface area contributed by atoms with E-state index in [1.54, 1.807) is 12.4 Å². The first-order valence-corrected chi connectivity index (χ1v) is 8.63. The largest absolute Gasteiger partial charge is 0.384 e. The standard InChI is InChI=1S/C15H17NO3S/c1-20(18,19)14-6-3-8-15(14,17)13-5-2-4-11-7-9-16-10-12(11)13/h2,4-5,7,9-10,14,17H,3,6,8H2,1H3. The minimum atomic E-state index is -3.30. The molecule has 1 N–H and O–H groups in total. The van der Waals surface area contributed by atoms with Crippen LogP contribution in [-0.2, 0) is 15.4 Å². The molecule has 1 aromatic carbocycles. The molecule has 0 bridgehead atoms. The first-order chi connectivity index (χ1) is 9.43. The van der Waals surface area contributed by atoms with E-state index in [2.05, 4.69) is 4.98 Å². The van der Waals surface area contributed by atoms with E-state index >= 15 is 0 Å². The molecule has 2 aromatic rings. The van der Waals surface area contributed by atoms with Crippen molar-refractivity contribution in [3.05, 3.63) is 42.2 Å². The van der Waals surface area contributed by atoms with Crippen LogP contribution in [0.2, 0.25) is 0 Å². The van der Waals surface area contributed by atoms with E-state index in [1.165, 1.54) is 6.26 Å². The van der Waals surface area contributed by atoms with E-state index in [-0.39, 0.29) is 0 Å². The van der Waals surface area contributed by atoms with E-state index in [0.717, 1.165) is 10.8 Å². The smallest absolute Gasteiger partial charge is 0.153 e. The maximum Gasteiger partial charge on any atom is 0.153 e. The molecule has 4 nitrogen and oxygen atoms in total. The van der Waals surface area contributed by atoms with Gasteiger partial charge in [0.05, 0.1) is 5.25 Å². The quantitative estimate of drug-likeness (QED) is 0.919. The monoisotopic (exact) mass is 291 g/mol. The van der Waals surface area contributed by atoms with Gasteiger partial charge in [-0.3, -0.25) is 4.98 Å². The maximum absolute atomic E-state index is 12.0. The molecule has 2 unspecified atom stereocenters. The predicted octanol–water partition coefficient (Wildman–Crippen LogP) is 2.02. The van der Waals surface area contributed by atoms with Crippen molar-refractivity contribution in [2.45, 2.75) is 30.1 Å². The fourth-order valence-electron chi connectivity index (χ4n) is 3.32. The van der Waals surface area contributed by atoms with Crippen molar-refractivity contribution >= 4 is 20.6 Å². The molecule has 106 valence electrons. The lowest BCUT2D eigenvalue weighted by molar-refractivity contribution is 0.0492. The SMILES string of the molecule is CS(=O)(=O)C1CCCC1(O)c1cccc2ccncc12. The zero-order valence-corrected chi connectivity index (χ0v) is 12.1. The van der Waals surface area contributed by atoms with Gasteiger partial charge in [-0.2, -0.15) is 0 Å². The third-order valence-electron chi connectivity index (χ3n) is 4.22. The number of sulfone groups is 1. The Kier molecular flexibility index (Phi) is 3.06. The van der Waals surface area contributed by atoms with Gasteiger partial charge in [0.25, 0.3) is 0 Å². The van der Waals surface area contributed by atoms with Gasteiger partial charge in [-0.25, -0.2) is 8.42 Å². The number of nitrogens with zero attached hydrogens (tertiary/aromatic N) is 1. The lowest BCUT2D eigenvalue weighted by Crippen LogP contribution is -2.39. The summed E-state index contributed by atoms with van der Waals surface area (Å²) in [5.74, 6) is 0. The summed E-state index contributed by atoms with van der Waals surface area (Å²) in [6, 6.07) is 7.47. The van der Waals surface area contributed by atoms with Crippen molar-refractivity contribution in [1.29, 1.82) is 0 Å². The molecule has 1 fully saturated rings. The Morgan fingerprint density at radius 2 is 2.15 bits per heavy atom. The van der Waals surface area contributed by atoms with Crippen molar-refractivity contribution in [3.8, 4) is 0 Å². The van der Waals surface area contributed by atoms with E-state index < -0.39 is 20.7 Å². The van der Waals surface area contributed by atoms with E-state index in [4.69, 9.17) is 0 Å². The summed E-state index contributed by atoms with van der Waals surface area (Å²) in [5.41, 5.74) is -0.633. The summed E-state index contributed by atoms with van der Waals surface area (Å²) in [5, 5.41) is 12.1. The molecule has 1 heterocycles. The third-order valence-corrected chi connectivity index (χ3v) is 5.88. The number of pyridine rings is 1. The summed E-state index contributed by atoms with van der Waals surface area (Å²) in [7, 11) is -3.30. The number of fused-ring (bicyclic) bond motifs is 1. The van der Waals surface area contributed by atoms with Gasteiger partial charge < -0.3 is 5.11 Å². The average Bonchev–Trinajstić information content (AvgIpc) is 2.81. The molecule has 0 amide bonds. The summed E-state index contributed by atoms with van der Waals surface area (Å²) in [4.78, 5) is 4.10. The van der Waals surface area contributed by atoms with Crippen LogP contribution in [0.3, 0.4) is 0 Å². The Morgan fingerprint density at radius 3 is 2.90 bits per heavy atom. The van der Waals surface area contributed by atoms with Gasteiger partial charge in [0, 0.05) is 24.0 Å². The summed E-state index contributed by atoms with van der Waals surface area (Å²) >= 11 is 0. The Balaban J connectivity index is 2.24. The second kappa shape index (κ2) is 4.53. The lowest BCUT2D eigenvalue weighted by Gasteiger charge is -2.30. The number of hydrogen-bond acceptors (Lipinski definition) is 4. The van der Waals surface area contributed by atoms with E-state index in [9.17, 15) is 13.5 Å². The average molecular weight is 291 g/mol. The topological polar surface area (TPSA) is 67.3 Å². The van der Waals surface area contributed by atoms with Crippen LogP contribution in [-0.4, -0.2) is 30.0 Å². The second-order valence-electron chi connectivity index (χ2n) is 5.54. The van der Waals surface area contributed by atoms with Crippen LogP contribution in [0.4, 0.5) is 0 Å². The molecule has 0 spiro atoms. The summed E-state index contributed by atoms with van der Waals surface area (Å²) < 4.78 is 24.0. The number of aromatic nitrogens is 1. The van der Waals surface area contributed by atoms with Crippen LogP contribution in [0.1, 0.15) is 24.8 Å². The Morgan fingerprint density at radius 1 is 1.35 bits per heavy atom. The molecule has 1 aromatic heterocycles. The molecule has 1 saturated carbocycles. The Labute approximate surface area is 118 Å². The first kappa shape index (κ1) is 13.5. The Bertz CT molecular complexity index is 751. The normalized spacial score (nSPS) is 27.0. The molecule has 1 aliphatic rings. The van der Waals surface area contributed by atoms with Crippen molar-refractivity contribution in [1.82, 2.24) is 4.98 Å². The van der Waals surface area contributed by atoms with Crippen LogP contribution in [0.15, 0.2) is 36.7 Å². The fraction of sp³-hybridized carbons (Fsp3) is 0.400. The molecule has 1 aliphatic carbocycles. The van der Waals surface area contributed by atoms with Gasteiger partial charge in [0.1, 0.15) is 5.60 Å². The number of hydrogen-bond donors (Lipinski definition) is 1. The lowest BCUT2D eigenvalue weighted by atomic mass is 9.88. The summed E-state index contributed by atoms with van der Waals surface area (Å²) in [6.07, 6.45) is 6.28. The van der Waals surface area contributed by atoms with Crippen molar-refractivity contribution in [3.63, 3.8) is 0 Å². The van der Waals surface area contributed by atoms with Crippen LogP contribution in [0.5, 0.6) is 0 Å². The fourth-order valence-corrected chi connectivity index (χ4v) is 4.87. The third kappa shape index (κ3) is 2.01. The van der Waals surface area contributed by atoms with Crippen LogP contribution in [0.25, 0.3) is 10.8 Å². The number of rotatable bonds is 2. The first-order valence-electron chi connectivity index (χ1n) is 6.67. The highest BCUT2D eigenvalue weighted by molar-refractivity contribution is 7.91. The molecule has 0 aliphatic heterocycles. The molecule has 20 heavy (non-hydrogen) atoms. The van der Waals surface area contributed by atoms with Crippen molar-refractivity contribution in [2.24, 2.45) is 0 Å². The highest BCUT2D eigenvalue weighted by atomic mass is 32.2. The number of benzene rings is 1. The van der Waals surface area contributed by atoms with Gasteiger partial charge in [-0.15, -0.1) is 0 Å². The molecule has 5 heteroatoms. The second-order valence-corrected chi connectivity index (χ2v) is 7.77. The molecule has 2 atom stereocenters. The van der Waals surface area contributed by atoms with Crippen molar-refractivity contribution in [2.75, 3.05) is 6.26 Å². The number of aliphatic hydroxyl groups is 1. The highest BCUT2D eigenvalue weighted by Crippen LogP contribution is 2.44. The van der Waals surface area contributed by atoms with Gasteiger partial charge in [-0.05, 0) is 36.3 Å². The summed E-state index contributed by atoms with van der Waals surface area (Å²) in [6.45, 7) is 0. The molecule has 0 saturated heterocycles. The zero-order chi connectivity index (χ0) is 14.4. The highest BCUT2D eigenvalue weighted by Gasteiger charge is 2.48. The van der Waals surface area contributed by atoms with Gasteiger partial charge in [-0.1, -0.05) is 18.2 Å². The molecule has 3 rings (SSSR count). The van der Waals surface area contributed by atoms with Gasteiger partial charge in [0.15, 0.2) is 9.84 Å². The van der Waals surface area contributed by atoms with Gasteiger partial charge in [0.2, 0.25) is 0 Å².